The molecule has 142 valence electrons. The molecule has 0 aliphatic carbocycles. The average molecular weight is 370 g/mol. The highest BCUT2D eigenvalue weighted by Gasteiger charge is 2.23. The summed E-state index contributed by atoms with van der Waals surface area (Å²) in [4.78, 5) is 12.7. The lowest BCUT2D eigenvalue weighted by atomic mass is 10.0. The minimum absolute atomic E-state index is 0.117. The predicted octanol–water partition coefficient (Wildman–Crippen LogP) is 4.20. The Labute approximate surface area is 157 Å². The van der Waals surface area contributed by atoms with Gasteiger partial charge in [-0.15, -0.1) is 0 Å². The van der Waals surface area contributed by atoms with Gasteiger partial charge in [0.2, 0.25) is 5.76 Å². The van der Waals surface area contributed by atoms with Gasteiger partial charge < -0.3 is 9.84 Å². The van der Waals surface area contributed by atoms with Gasteiger partial charge in [0, 0.05) is 29.4 Å². The Kier molecular flexibility index (Phi) is 5.39. The molecule has 6 nitrogen and oxygen atoms in total. The van der Waals surface area contributed by atoms with Crippen LogP contribution in [0.15, 0.2) is 34.9 Å². The highest BCUT2D eigenvalue weighted by molar-refractivity contribution is 5.92. The van der Waals surface area contributed by atoms with Gasteiger partial charge >= 0.3 is 0 Å². The molecule has 0 aliphatic heterocycles. The van der Waals surface area contributed by atoms with Crippen LogP contribution in [0.25, 0.3) is 11.3 Å². The summed E-state index contributed by atoms with van der Waals surface area (Å²) < 4.78 is 20.2. The zero-order valence-corrected chi connectivity index (χ0v) is 15.9. The van der Waals surface area contributed by atoms with Crippen molar-refractivity contribution in [2.75, 3.05) is 0 Å². The van der Waals surface area contributed by atoms with E-state index in [2.05, 4.69) is 15.6 Å². The lowest BCUT2D eigenvalue weighted by molar-refractivity contribution is 0.0898. The molecule has 0 radical (unpaired) electrons. The molecule has 7 heteroatoms. The number of hydrogen-bond donors (Lipinski definition) is 1. The first-order chi connectivity index (χ1) is 12.9. The molecule has 2 aromatic heterocycles. The molecule has 0 fully saturated rings. The molecule has 27 heavy (non-hydrogen) atoms. The van der Waals surface area contributed by atoms with Crippen LogP contribution in [0.4, 0.5) is 4.39 Å². The van der Waals surface area contributed by atoms with Gasteiger partial charge in [-0.05, 0) is 51.5 Å². The van der Waals surface area contributed by atoms with Crippen LogP contribution in [0.2, 0.25) is 0 Å². The van der Waals surface area contributed by atoms with Crippen LogP contribution < -0.4 is 5.32 Å². The van der Waals surface area contributed by atoms with E-state index in [-0.39, 0.29) is 23.5 Å². The minimum atomic E-state index is -0.342. The second-order valence-corrected chi connectivity index (χ2v) is 6.42. The Bertz CT molecular complexity index is 944. The first-order valence-electron chi connectivity index (χ1n) is 9.02. The number of amides is 1. The van der Waals surface area contributed by atoms with Crippen molar-refractivity contribution in [3.8, 4) is 11.3 Å². The Morgan fingerprint density at radius 3 is 2.56 bits per heavy atom. The van der Waals surface area contributed by atoms with E-state index in [1.807, 2.05) is 32.4 Å². The Balaban J connectivity index is 1.80. The topological polar surface area (TPSA) is 73.0 Å². The maximum absolute atomic E-state index is 13.1. The molecule has 0 unspecified atom stereocenters. The molecule has 1 atom stereocenters. The van der Waals surface area contributed by atoms with Gasteiger partial charge in [-0.2, -0.15) is 5.10 Å². The SMILES string of the molecule is CC[C@@H](NC(=O)c1cc(-c2ccc(F)cc2)no1)c1c(C)nn(CC)c1C. The number of carbonyl (C=O) groups excluding carboxylic acids is 1. The first-order valence-corrected chi connectivity index (χ1v) is 9.02. The van der Waals surface area contributed by atoms with Crippen LogP contribution in [0.1, 0.15) is 53.8 Å². The summed E-state index contributed by atoms with van der Waals surface area (Å²) >= 11 is 0. The highest BCUT2D eigenvalue weighted by atomic mass is 19.1. The van der Waals surface area contributed by atoms with E-state index in [1.54, 1.807) is 18.2 Å². The number of carbonyl (C=O) groups is 1. The van der Waals surface area contributed by atoms with E-state index >= 15 is 0 Å². The number of nitrogens with one attached hydrogen (secondary N) is 1. The van der Waals surface area contributed by atoms with Crippen molar-refractivity contribution in [3.05, 3.63) is 58.9 Å². The van der Waals surface area contributed by atoms with E-state index in [9.17, 15) is 9.18 Å². The average Bonchev–Trinajstić information content (AvgIpc) is 3.25. The second kappa shape index (κ2) is 7.73. The standard InChI is InChI=1S/C20H23FN4O2/c1-5-16(19-12(3)23-25(6-2)13(19)4)22-20(26)18-11-17(24-27-18)14-7-9-15(21)10-8-14/h7-11,16H,5-6H2,1-4H3,(H,22,26)/t16-/m1/s1. The van der Waals surface area contributed by atoms with E-state index in [1.165, 1.54) is 12.1 Å². The first kappa shape index (κ1) is 18.8. The number of halogens is 1. The summed E-state index contributed by atoms with van der Waals surface area (Å²) in [7, 11) is 0. The van der Waals surface area contributed by atoms with Crippen molar-refractivity contribution in [1.29, 1.82) is 0 Å². The van der Waals surface area contributed by atoms with E-state index in [0.29, 0.717) is 11.3 Å². The molecule has 0 saturated carbocycles. The van der Waals surface area contributed by atoms with E-state index < -0.39 is 0 Å². The monoisotopic (exact) mass is 370 g/mol. The fourth-order valence-corrected chi connectivity index (χ4v) is 3.27. The molecule has 1 aromatic carbocycles. The number of rotatable bonds is 6. The van der Waals surface area contributed by atoms with E-state index in [4.69, 9.17) is 4.52 Å². The van der Waals surface area contributed by atoms with Gasteiger partial charge in [-0.3, -0.25) is 9.48 Å². The van der Waals surface area contributed by atoms with Crippen LogP contribution >= 0.6 is 0 Å². The van der Waals surface area contributed by atoms with Crippen molar-refractivity contribution >= 4 is 5.91 Å². The minimum Gasteiger partial charge on any atom is -0.350 e. The number of benzene rings is 1. The molecule has 1 N–H and O–H groups in total. The smallest absolute Gasteiger partial charge is 0.290 e. The fourth-order valence-electron chi connectivity index (χ4n) is 3.27. The molecule has 3 rings (SSSR count). The van der Waals surface area contributed by atoms with Gasteiger partial charge in [0.1, 0.15) is 11.5 Å². The lowest BCUT2D eigenvalue weighted by Crippen LogP contribution is -2.28. The summed E-state index contributed by atoms with van der Waals surface area (Å²) in [6.07, 6.45) is 0.724. The molecule has 0 saturated heterocycles. The molecule has 0 aliphatic rings. The third kappa shape index (κ3) is 3.77. The molecule has 3 aromatic rings. The quantitative estimate of drug-likeness (QED) is 0.706. The predicted molar refractivity (Wildman–Crippen MR) is 99.8 cm³/mol. The van der Waals surface area contributed by atoms with E-state index in [0.717, 1.165) is 29.9 Å². The summed E-state index contributed by atoms with van der Waals surface area (Å²) in [5.74, 6) is -0.555. The van der Waals surface area contributed by atoms with Crippen molar-refractivity contribution in [2.24, 2.45) is 0 Å². The fraction of sp³-hybridized carbons (Fsp3) is 0.350. The second-order valence-electron chi connectivity index (χ2n) is 6.42. The van der Waals surface area contributed by atoms with Crippen LogP contribution in [-0.4, -0.2) is 20.8 Å². The summed E-state index contributed by atoms with van der Waals surface area (Å²) in [6, 6.07) is 7.26. The molecule has 2 heterocycles. The van der Waals surface area contributed by atoms with Gasteiger partial charge in [-0.25, -0.2) is 4.39 Å². The number of aromatic nitrogens is 3. The molecule has 0 bridgehead atoms. The summed E-state index contributed by atoms with van der Waals surface area (Å²) in [5.41, 5.74) is 4.16. The molecule has 0 spiro atoms. The lowest BCUT2D eigenvalue weighted by Gasteiger charge is -2.17. The van der Waals surface area contributed by atoms with Gasteiger partial charge in [0.15, 0.2) is 0 Å². The maximum Gasteiger partial charge on any atom is 0.290 e. The summed E-state index contributed by atoms with van der Waals surface area (Å²) in [6.45, 7) is 8.78. The van der Waals surface area contributed by atoms with Gasteiger partial charge in [-0.1, -0.05) is 12.1 Å². The third-order valence-electron chi connectivity index (χ3n) is 4.67. The summed E-state index contributed by atoms with van der Waals surface area (Å²) in [5, 5.41) is 11.5. The largest absolute Gasteiger partial charge is 0.350 e. The normalized spacial score (nSPS) is 12.2. The third-order valence-corrected chi connectivity index (χ3v) is 4.67. The van der Waals surface area contributed by atoms with Crippen molar-refractivity contribution in [3.63, 3.8) is 0 Å². The van der Waals surface area contributed by atoms with Crippen LogP contribution in [0, 0.1) is 19.7 Å². The Morgan fingerprint density at radius 1 is 1.26 bits per heavy atom. The molecule has 1 amide bonds. The molecular weight excluding hydrogens is 347 g/mol. The van der Waals surface area contributed by atoms with Crippen molar-refractivity contribution < 1.29 is 13.7 Å². The number of aryl methyl sites for hydroxylation is 2. The molecular formula is C20H23FN4O2. The van der Waals surface area contributed by atoms with Crippen LogP contribution in [0.5, 0.6) is 0 Å². The Morgan fingerprint density at radius 2 is 1.96 bits per heavy atom. The number of hydrogen-bond acceptors (Lipinski definition) is 4. The van der Waals surface area contributed by atoms with Crippen molar-refractivity contribution in [1.82, 2.24) is 20.3 Å². The number of nitrogens with zero attached hydrogens (tertiary/aromatic N) is 3. The maximum atomic E-state index is 13.1. The highest BCUT2D eigenvalue weighted by Crippen LogP contribution is 2.25. The van der Waals surface area contributed by atoms with Gasteiger partial charge in [0.25, 0.3) is 5.91 Å². The van der Waals surface area contributed by atoms with Crippen LogP contribution in [0.3, 0.4) is 0 Å². The van der Waals surface area contributed by atoms with Crippen LogP contribution in [-0.2, 0) is 6.54 Å². The zero-order valence-electron chi connectivity index (χ0n) is 15.9. The van der Waals surface area contributed by atoms with Gasteiger partial charge in [0.05, 0.1) is 11.7 Å². The van der Waals surface area contributed by atoms with Crippen molar-refractivity contribution in [2.45, 2.75) is 46.7 Å². The zero-order chi connectivity index (χ0) is 19.6. The Hall–Kier alpha value is -2.96.